The maximum atomic E-state index is 11.5. The van der Waals surface area contributed by atoms with E-state index < -0.39 is 9.84 Å². The molecule has 3 nitrogen and oxygen atoms in total. The third-order valence-electron chi connectivity index (χ3n) is 3.08. The molecule has 2 heterocycles. The molecular weight excluding hydrogens is 266 g/mol. The Kier molecular flexibility index (Phi) is 3.32. The maximum Gasteiger partial charge on any atom is 0.150 e. The SMILES string of the molecule is NCC1(Cc2ccc(Cl)s2)CCS(=O)(=O)C1. The third kappa shape index (κ3) is 2.59. The molecule has 2 rings (SSSR count). The summed E-state index contributed by atoms with van der Waals surface area (Å²) in [6.45, 7) is 0.418. The zero-order chi connectivity index (χ0) is 11.8. The Labute approximate surface area is 105 Å². The number of hydrogen-bond acceptors (Lipinski definition) is 4. The van der Waals surface area contributed by atoms with E-state index in [1.807, 2.05) is 12.1 Å². The van der Waals surface area contributed by atoms with Crippen LogP contribution >= 0.6 is 22.9 Å². The fraction of sp³-hybridized carbons (Fsp3) is 0.600. The van der Waals surface area contributed by atoms with Gasteiger partial charge in [0.25, 0.3) is 0 Å². The molecule has 1 aliphatic rings. The van der Waals surface area contributed by atoms with Gasteiger partial charge < -0.3 is 5.73 Å². The first-order valence-corrected chi connectivity index (χ1v) is 8.11. The van der Waals surface area contributed by atoms with E-state index >= 15 is 0 Å². The molecule has 0 amide bonds. The minimum absolute atomic E-state index is 0.214. The van der Waals surface area contributed by atoms with Crippen LogP contribution in [0.15, 0.2) is 12.1 Å². The summed E-state index contributed by atoms with van der Waals surface area (Å²) in [5.41, 5.74) is 5.48. The lowest BCUT2D eigenvalue weighted by atomic mass is 9.83. The van der Waals surface area contributed by atoms with E-state index in [-0.39, 0.29) is 16.9 Å². The normalized spacial score (nSPS) is 28.4. The number of halogens is 1. The molecule has 1 unspecified atom stereocenters. The molecule has 1 saturated heterocycles. The Bertz CT molecular complexity index is 483. The van der Waals surface area contributed by atoms with Crippen molar-refractivity contribution in [2.24, 2.45) is 11.1 Å². The van der Waals surface area contributed by atoms with Crippen LogP contribution in [-0.2, 0) is 16.3 Å². The minimum Gasteiger partial charge on any atom is -0.330 e. The Morgan fingerprint density at radius 1 is 1.50 bits per heavy atom. The highest BCUT2D eigenvalue weighted by Gasteiger charge is 2.41. The highest BCUT2D eigenvalue weighted by molar-refractivity contribution is 7.91. The zero-order valence-corrected chi connectivity index (χ0v) is 11.2. The zero-order valence-electron chi connectivity index (χ0n) is 8.78. The number of rotatable bonds is 3. The van der Waals surface area contributed by atoms with E-state index in [4.69, 9.17) is 17.3 Å². The lowest BCUT2D eigenvalue weighted by Gasteiger charge is -2.24. The first-order valence-electron chi connectivity index (χ1n) is 5.09. The van der Waals surface area contributed by atoms with Gasteiger partial charge in [-0.25, -0.2) is 8.42 Å². The highest BCUT2D eigenvalue weighted by Crippen LogP contribution is 2.37. The third-order valence-corrected chi connectivity index (χ3v) is 6.19. The van der Waals surface area contributed by atoms with Crippen LogP contribution in [0, 0.1) is 5.41 Å². The molecule has 1 aliphatic heterocycles. The lowest BCUT2D eigenvalue weighted by Crippen LogP contribution is -2.33. The van der Waals surface area contributed by atoms with Gasteiger partial charge in [0.1, 0.15) is 0 Å². The molecule has 0 aromatic carbocycles. The molecule has 2 N–H and O–H groups in total. The Morgan fingerprint density at radius 2 is 2.25 bits per heavy atom. The molecule has 0 bridgehead atoms. The molecule has 1 aromatic heterocycles. The van der Waals surface area contributed by atoms with Gasteiger partial charge in [-0.05, 0) is 31.5 Å². The number of nitrogens with two attached hydrogens (primary N) is 1. The average Bonchev–Trinajstić information content (AvgIpc) is 2.72. The molecule has 6 heteroatoms. The van der Waals surface area contributed by atoms with Crippen LogP contribution in [0.3, 0.4) is 0 Å². The molecule has 0 saturated carbocycles. The summed E-state index contributed by atoms with van der Waals surface area (Å²) >= 11 is 7.36. The first-order chi connectivity index (χ1) is 7.45. The number of thiophene rings is 1. The largest absolute Gasteiger partial charge is 0.330 e. The van der Waals surface area contributed by atoms with E-state index in [0.29, 0.717) is 13.0 Å². The Balaban J connectivity index is 2.18. The summed E-state index contributed by atoms with van der Waals surface area (Å²) in [7, 11) is -2.89. The van der Waals surface area contributed by atoms with Crippen molar-refractivity contribution in [1.29, 1.82) is 0 Å². The molecule has 0 aliphatic carbocycles. The molecule has 0 radical (unpaired) electrons. The van der Waals surface area contributed by atoms with Crippen LogP contribution in [0.5, 0.6) is 0 Å². The predicted molar refractivity (Wildman–Crippen MR) is 67.8 cm³/mol. The van der Waals surface area contributed by atoms with E-state index in [1.54, 1.807) is 0 Å². The topological polar surface area (TPSA) is 60.2 Å². The second-order valence-corrected chi connectivity index (χ2v) is 8.41. The number of sulfone groups is 1. The van der Waals surface area contributed by atoms with Crippen LogP contribution < -0.4 is 5.73 Å². The second kappa shape index (κ2) is 4.29. The Hall–Kier alpha value is -0.100. The first kappa shape index (κ1) is 12.4. The highest BCUT2D eigenvalue weighted by atomic mass is 35.5. The van der Waals surface area contributed by atoms with E-state index in [2.05, 4.69) is 0 Å². The van der Waals surface area contributed by atoms with Crippen LogP contribution in [0.1, 0.15) is 11.3 Å². The Morgan fingerprint density at radius 3 is 2.69 bits per heavy atom. The summed E-state index contributed by atoms with van der Waals surface area (Å²) in [4.78, 5) is 1.12. The van der Waals surface area contributed by atoms with Gasteiger partial charge in [0.05, 0.1) is 15.8 Å². The monoisotopic (exact) mass is 279 g/mol. The van der Waals surface area contributed by atoms with Gasteiger partial charge in [-0.2, -0.15) is 0 Å². The standard InChI is InChI=1S/C10H14ClNO2S2/c11-9-2-1-8(15-9)5-10(6-12)3-4-16(13,14)7-10/h1-2H,3-7,12H2. The summed E-state index contributed by atoms with van der Waals surface area (Å²) < 4.78 is 23.8. The smallest absolute Gasteiger partial charge is 0.150 e. The second-order valence-electron chi connectivity index (χ2n) is 4.43. The van der Waals surface area contributed by atoms with Crippen molar-refractivity contribution in [1.82, 2.24) is 0 Å². The lowest BCUT2D eigenvalue weighted by molar-refractivity contribution is 0.347. The summed E-state index contributed by atoms with van der Waals surface area (Å²) in [6, 6.07) is 3.80. The van der Waals surface area contributed by atoms with E-state index in [1.165, 1.54) is 11.3 Å². The fourth-order valence-corrected chi connectivity index (χ4v) is 5.62. The molecule has 1 aromatic rings. The van der Waals surface area contributed by atoms with E-state index in [0.717, 1.165) is 15.6 Å². The number of hydrogen-bond donors (Lipinski definition) is 1. The average molecular weight is 280 g/mol. The van der Waals surface area contributed by atoms with E-state index in [9.17, 15) is 8.42 Å². The van der Waals surface area contributed by atoms with Crippen molar-refractivity contribution in [3.63, 3.8) is 0 Å². The van der Waals surface area contributed by atoms with Gasteiger partial charge in [-0.1, -0.05) is 11.6 Å². The minimum atomic E-state index is -2.89. The van der Waals surface area contributed by atoms with Crippen LogP contribution in [0.2, 0.25) is 4.34 Å². The quantitative estimate of drug-likeness (QED) is 0.916. The molecule has 1 fully saturated rings. The fourth-order valence-electron chi connectivity index (χ4n) is 2.17. The van der Waals surface area contributed by atoms with Crippen molar-refractivity contribution < 1.29 is 8.42 Å². The van der Waals surface area contributed by atoms with Crippen LogP contribution in [0.4, 0.5) is 0 Å². The summed E-state index contributed by atoms with van der Waals surface area (Å²) in [6.07, 6.45) is 1.39. The predicted octanol–water partition coefficient (Wildman–Crippen LogP) is 1.71. The van der Waals surface area contributed by atoms with Gasteiger partial charge in [0.15, 0.2) is 9.84 Å². The molecule has 16 heavy (non-hydrogen) atoms. The van der Waals surface area contributed by atoms with Crippen LogP contribution in [-0.4, -0.2) is 26.5 Å². The molecule has 90 valence electrons. The summed E-state index contributed by atoms with van der Waals surface area (Å²) in [5.74, 6) is 0.481. The van der Waals surface area contributed by atoms with Gasteiger partial charge in [0.2, 0.25) is 0 Å². The van der Waals surface area contributed by atoms with Gasteiger partial charge in [-0.3, -0.25) is 0 Å². The maximum absolute atomic E-state index is 11.5. The molecule has 0 spiro atoms. The van der Waals surface area contributed by atoms with Crippen molar-refractivity contribution >= 4 is 32.8 Å². The molecular formula is C10H14ClNO2S2. The van der Waals surface area contributed by atoms with Gasteiger partial charge in [-0.15, -0.1) is 11.3 Å². The van der Waals surface area contributed by atoms with Crippen molar-refractivity contribution in [3.05, 3.63) is 21.3 Å². The summed E-state index contributed by atoms with van der Waals surface area (Å²) in [5, 5.41) is 0. The van der Waals surface area contributed by atoms with Crippen LogP contribution in [0.25, 0.3) is 0 Å². The van der Waals surface area contributed by atoms with Crippen molar-refractivity contribution in [2.75, 3.05) is 18.1 Å². The van der Waals surface area contributed by atoms with Gasteiger partial charge in [0, 0.05) is 10.3 Å². The van der Waals surface area contributed by atoms with Crippen molar-refractivity contribution in [2.45, 2.75) is 12.8 Å². The molecule has 1 atom stereocenters. The van der Waals surface area contributed by atoms with Crippen molar-refractivity contribution in [3.8, 4) is 0 Å². The van der Waals surface area contributed by atoms with Gasteiger partial charge >= 0.3 is 0 Å².